The average Bonchev–Trinajstić information content (AvgIpc) is 3.08. The zero-order valence-corrected chi connectivity index (χ0v) is 13.4. The van der Waals surface area contributed by atoms with E-state index in [4.69, 9.17) is 4.74 Å². The smallest absolute Gasteiger partial charge is 0.308 e. The van der Waals surface area contributed by atoms with Gasteiger partial charge >= 0.3 is 5.97 Å². The molecule has 0 aliphatic rings. The maximum atomic E-state index is 12.0. The second-order valence-corrected chi connectivity index (χ2v) is 5.79. The summed E-state index contributed by atoms with van der Waals surface area (Å²) >= 11 is 0. The highest BCUT2D eigenvalue weighted by Gasteiger charge is 2.24. The molecule has 0 aliphatic heterocycles. The first-order chi connectivity index (χ1) is 11.6. The van der Waals surface area contributed by atoms with Gasteiger partial charge in [-0.3, -0.25) is 9.59 Å². The van der Waals surface area contributed by atoms with Crippen LogP contribution in [-0.4, -0.2) is 16.2 Å². The largest absolute Gasteiger partial charge is 0.424 e. The van der Waals surface area contributed by atoms with Gasteiger partial charge in [-0.25, -0.2) is 0 Å². The van der Waals surface area contributed by atoms with Crippen molar-refractivity contribution in [2.45, 2.75) is 13.8 Å². The van der Waals surface area contributed by atoms with Crippen LogP contribution in [0.5, 0.6) is 5.75 Å². The number of carbonyl (C=O) groups excluding carboxylic acids is 2. The summed E-state index contributed by atoms with van der Waals surface area (Å²) in [4.78, 5) is 23.6. The van der Waals surface area contributed by atoms with Crippen molar-refractivity contribution < 1.29 is 14.3 Å². The van der Waals surface area contributed by atoms with Gasteiger partial charge in [-0.05, 0) is 30.7 Å². The minimum absolute atomic E-state index is 0.0132. The number of ether oxygens (including phenoxy) is 1. The monoisotopic (exact) mass is 317 g/mol. The average molecular weight is 317 g/mol. The van der Waals surface area contributed by atoms with Gasteiger partial charge in [0.15, 0.2) is 11.5 Å². The molecule has 0 radical (unpaired) electrons. The van der Waals surface area contributed by atoms with Crippen molar-refractivity contribution in [2.75, 3.05) is 0 Å². The van der Waals surface area contributed by atoms with Crippen molar-refractivity contribution in [2.24, 2.45) is 0 Å². The molecule has 0 N–H and O–H groups in total. The lowest BCUT2D eigenvalue weighted by atomic mass is 10.0. The molecule has 0 unspecified atom stereocenters. The first-order valence-electron chi connectivity index (χ1n) is 7.72. The molecule has 0 fully saturated rings. The van der Waals surface area contributed by atoms with Crippen molar-refractivity contribution >= 4 is 28.3 Å². The molecule has 4 nitrogen and oxygen atoms in total. The lowest BCUT2D eigenvalue weighted by molar-refractivity contribution is -0.131. The van der Waals surface area contributed by atoms with Crippen molar-refractivity contribution in [3.05, 3.63) is 60.2 Å². The normalized spacial score (nSPS) is 11.2. The van der Waals surface area contributed by atoms with E-state index in [9.17, 15) is 9.59 Å². The Hall–Kier alpha value is -3.14. The van der Waals surface area contributed by atoms with Crippen LogP contribution in [0, 0.1) is 0 Å². The lowest BCUT2D eigenvalue weighted by Crippen LogP contribution is -2.02. The van der Waals surface area contributed by atoms with Crippen LogP contribution in [0.1, 0.15) is 24.2 Å². The first kappa shape index (κ1) is 14.5. The zero-order chi connectivity index (χ0) is 16.8. The highest BCUT2D eigenvalue weighted by Crippen LogP contribution is 2.43. The third-order valence-electron chi connectivity index (χ3n) is 4.19. The van der Waals surface area contributed by atoms with E-state index in [0.29, 0.717) is 11.3 Å². The Balaban J connectivity index is 2.17. The molecule has 0 amide bonds. The van der Waals surface area contributed by atoms with E-state index in [1.54, 1.807) is 6.92 Å². The van der Waals surface area contributed by atoms with Gasteiger partial charge in [0.05, 0.1) is 22.1 Å². The van der Waals surface area contributed by atoms with Crippen molar-refractivity contribution in [3.63, 3.8) is 0 Å². The van der Waals surface area contributed by atoms with Gasteiger partial charge in [-0.1, -0.05) is 36.4 Å². The maximum absolute atomic E-state index is 12.0. The van der Waals surface area contributed by atoms with E-state index in [-0.39, 0.29) is 11.8 Å². The van der Waals surface area contributed by atoms with Gasteiger partial charge in [-0.2, -0.15) is 0 Å². The highest BCUT2D eigenvalue weighted by atomic mass is 16.5. The number of aromatic nitrogens is 1. The Morgan fingerprint density at radius 3 is 2.25 bits per heavy atom. The molecule has 118 valence electrons. The number of ketones is 1. The summed E-state index contributed by atoms with van der Waals surface area (Å²) < 4.78 is 7.53. The summed E-state index contributed by atoms with van der Waals surface area (Å²) in [5.41, 5.74) is 4.92. The molecule has 4 aromatic rings. The Labute approximate surface area is 138 Å². The number of carbonyl (C=O) groups is 2. The Bertz CT molecular complexity index is 1080. The van der Waals surface area contributed by atoms with Gasteiger partial charge in [0.25, 0.3) is 0 Å². The summed E-state index contributed by atoms with van der Waals surface area (Å²) in [5.74, 6) is 0.177. The Morgan fingerprint density at radius 1 is 0.875 bits per heavy atom. The van der Waals surface area contributed by atoms with Crippen LogP contribution in [0.2, 0.25) is 0 Å². The van der Waals surface area contributed by atoms with Crippen LogP contribution >= 0.6 is 0 Å². The molecule has 4 heteroatoms. The van der Waals surface area contributed by atoms with Crippen LogP contribution in [-0.2, 0) is 4.79 Å². The summed E-state index contributed by atoms with van der Waals surface area (Å²) in [7, 11) is 0. The predicted octanol–water partition coefficient (Wildman–Crippen LogP) is 4.33. The van der Waals surface area contributed by atoms with Crippen molar-refractivity contribution in [1.82, 2.24) is 4.40 Å². The predicted molar refractivity (Wildman–Crippen MR) is 92.8 cm³/mol. The number of hydrogen-bond acceptors (Lipinski definition) is 3. The van der Waals surface area contributed by atoms with Crippen LogP contribution in [0.25, 0.3) is 27.7 Å². The zero-order valence-electron chi connectivity index (χ0n) is 13.4. The van der Waals surface area contributed by atoms with Gasteiger partial charge in [0, 0.05) is 12.5 Å². The molecule has 4 rings (SSSR count). The highest BCUT2D eigenvalue weighted by molar-refractivity contribution is 6.08. The topological polar surface area (TPSA) is 47.8 Å². The van der Waals surface area contributed by atoms with Crippen LogP contribution in [0.15, 0.2) is 54.6 Å². The number of pyridine rings is 1. The minimum Gasteiger partial charge on any atom is -0.424 e. The fraction of sp³-hybridized carbons (Fsp3) is 0.100. The molecule has 0 bridgehead atoms. The molecule has 3 heterocycles. The molecule has 0 saturated heterocycles. The number of hydrogen-bond donors (Lipinski definition) is 0. The molecule has 24 heavy (non-hydrogen) atoms. The quantitative estimate of drug-likeness (QED) is 0.417. The fourth-order valence-corrected chi connectivity index (χ4v) is 3.27. The molecular weight excluding hydrogens is 302 g/mol. The molecule has 0 atom stereocenters. The van der Waals surface area contributed by atoms with E-state index in [0.717, 1.165) is 27.7 Å². The molecule has 0 aliphatic carbocycles. The molecule has 1 aromatic carbocycles. The van der Waals surface area contributed by atoms with Gasteiger partial charge in [0.1, 0.15) is 0 Å². The summed E-state index contributed by atoms with van der Waals surface area (Å²) in [6.07, 6.45) is 0. The number of benzene rings is 1. The molecule has 0 saturated carbocycles. The van der Waals surface area contributed by atoms with E-state index in [1.165, 1.54) is 6.92 Å². The second kappa shape index (κ2) is 5.20. The molecule has 0 spiro atoms. The second-order valence-electron chi connectivity index (χ2n) is 5.79. The minimum atomic E-state index is -0.368. The maximum Gasteiger partial charge on any atom is 0.308 e. The number of Topliss-reactive ketones (excluding diaryl/α,β-unsaturated/α-hetero) is 1. The standard InChI is InChI=1S/C20H15NO3/c1-12(22)15-11-18-19(14-7-4-3-5-8-14)20(24-13(2)23)17-10-6-9-16(15)21(17)18/h3-11H,1-2H3. The van der Waals surface area contributed by atoms with Gasteiger partial charge in [-0.15, -0.1) is 0 Å². The van der Waals surface area contributed by atoms with E-state index < -0.39 is 0 Å². The summed E-state index contributed by atoms with van der Waals surface area (Å²) in [6, 6.07) is 17.3. The Kier molecular flexibility index (Phi) is 3.13. The number of nitrogens with zero attached hydrogens (tertiary/aromatic N) is 1. The molecular formula is C20H15NO3. The third kappa shape index (κ3) is 2.00. The number of rotatable bonds is 3. The van der Waals surface area contributed by atoms with Crippen molar-refractivity contribution in [3.8, 4) is 16.9 Å². The summed E-state index contributed by atoms with van der Waals surface area (Å²) in [5, 5.41) is 0. The molecule has 3 aromatic heterocycles. The van der Waals surface area contributed by atoms with Gasteiger partial charge in [0.2, 0.25) is 0 Å². The third-order valence-corrected chi connectivity index (χ3v) is 4.19. The first-order valence-corrected chi connectivity index (χ1v) is 7.72. The Morgan fingerprint density at radius 2 is 1.58 bits per heavy atom. The van der Waals surface area contributed by atoms with E-state index >= 15 is 0 Å². The van der Waals surface area contributed by atoms with Crippen LogP contribution < -0.4 is 4.74 Å². The lowest BCUT2D eigenvalue weighted by Gasteiger charge is -2.05. The fourth-order valence-electron chi connectivity index (χ4n) is 3.27. The van der Waals surface area contributed by atoms with E-state index in [1.807, 2.05) is 59.0 Å². The van der Waals surface area contributed by atoms with Crippen LogP contribution in [0.4, 0.5) is 0 Å². The summed E-state index contributed by atoms with van der Waals surface area (Å²) in [6.45, 7) is 2.96. The number of esters is 1. The van der Waals surface area contributed by atoms with Crippen LogP contribution in [0.3, 0.4) is 0 Å². The SMILES string of the molecule is CC(=O)Oc1c(-c2ccccc2)c2cc(C(C)=O)c3cccc1n32. The van der Waals surface area contributed by atoms with Gasteiger partial charge < -0.3 is 9.14 Å². The van der Waals surface area contributed by atoms with E-state index in [2.05, 4.69) is 0 Å². The van der Waals surface area contributed by atoms with Crippen molar-refractivity contribution in [1.29, 1.82) is 0 Å².